The molecule has 2 aromatic carbocycles. The zero-order valence-corrected chi connectivity index (χ0v) is 20.5. The van der Waals surface area contributed by atoms with Crippen molar-refractivity contribution in [1.29, 1.82) is 0 Å². The van der Waals surface area contributed by atoms with Crippen LogP contribution in [-0.2, 0) is 0 Å². The molecular weight excluding hydrogens is 486 g/mol. The Morgan fingerprint density at radius 3 is 2.59 bits per heavy atom. The molecule has 2 atom stereocenters. The monoisotopic (exact) mass is 508 g/mol. The average Bonchev–Trinajstić information content (AvgIpc) is 2.80. The van der Waals surface area contributed by atoms with Crippen LogP contribution in [0, 0.1) is 11.6 Å². The van der Waals surface area contributed by atoms with E-state index in [1.165, 1.54) is 48.0 Å². The number of carboxylic acid groups (broad SMARTS) is 1. The SMILES string of the molecule is COc1cccc(F)c1-c1c(Cl)cc2c(N3CC(C)N(C(=O)O)CC3C)nc(SC)nc2c1F. The van der Waals surface area contributed by atoms with Crippen LogP contribution in [0.1, 0.15) is 13.8 Å². The maximum atomic E-state index is 16.0. The van der Waals surface area contributed by atoms with Gasteiger partial charge < -0.3 is 19.6 Å². The van der Waals surface area contributed by atoms with Gasteiger partial charge in [-0.05, 0) is 38.3 Å². The summed E-state index contributed by atoms with van der Waals surface area (Å²) in [5.74, 6) is -0.862. The fourth-order valence-electron chi connectivity index (χ4n) is 4.30. The molecule has 0 radical (unpaired) electrons. The van der Waals surface area contributed by atoms with E-state index >= 15 is 4.39 Å². The highest BCUT2D eigenvalue weighted by molar-refractivity contribution is 7.98. The molecule has 1 N–H and O–H groups in total. The molecule has 180 valence electrons. The summed E-state index contributed by atoms with van der Waals surface area (Å²) in [5.41, 5.74) is -0.227. The van der Waals surface area contributed by atoms with E-state index in [0.717, 1.165) is 0 Å². The molecule has 3 aromatic rings. The lowest BCUT2D eigenvalue weighted by atomic mass is 10.0. The highest BCUT2D eigenvalue weighted by atomic mass is 35.5. The number of benzene rings is 2. The lowest BCUT2D eigenvalue weighted by Crippen LogP contribution is -2.58. The molecule has 0 spiro atoms. The number of rotatable bonds is 4. The predicted octanol–water partition coefficient (Wildman–Crippen LogP) is 5.54. The van der Waals surface area contributed by atoms with E-state index in [4.69, 9.17) is 16.3 Å². The Balaban J connectivity index is 1.95. The van der Waals surface area contributed by atoms with Gasteiger partial charge in [-0.1, -0.05) is 29.4 Å². The zero-order valence-electron chi connectivity index (χ0n) is 19.0. The number of ether oxygens (including phenoxy) is 1. The van der Waals surface area contributed by atoms with Crippen molar-refractivity contribution in [3.8, 4) is 16.9 Å². The van der Waals surface area contributed by atoms with Gasteiger partial charge in [-0.3, -0.25) is 0 Å². The van der Waals surface area contributed by atoms with Crippen molar-refractivity contribution in [1.82, 2.24) is 14.9 Å². The van der Waals surface area contributed by atoms with Crippen molar-refractivity contribution in [2.75, 3.05) is 31.4 Å². The first-order valence-electron chi connectivity index (χ1n) is 10.5. The van der Waals surface area contributed by atoms with Crippen LogP contribution in [0.4, 0.5) is 19.4 Å². The quantitative estimate of drug-likeness (QED) is 0.366. The minimum Gasteiger partial charge on any atom is -0.496 e. The van der Waals surface area contributed by atoms with Gasteiger partial charge >= 0.3 is 6.09 Å². The number of methoxy groups -OCH3 is 1. The third-order valence-electron chi connectivity index (χ3n) is 5.97. The molecule has 0 aliphatic carbocycles. The van der Waals surface area contributed by atoms with Gasteiger partial charge in [-0.25, -0.2) is 23.5 Å². The van der Waals surface area contributed by atoms with Crippen molar-refractivity contribution in [3.05, 3.63) is 40.9 Å². The lowest BCUT2D eigenvalue weighted by molar-refractivity contribution is 0.114. The zero-order chi connectivity index (χ0) is 24.7. The molecule has 1 aliphatic rings. The normalized spacial score (nSPS) is 18.4. The number of halogens is 3. The van der Waals surface area contributed by atoms with E-state index in [9.17, 15) is 14.3 Å². The van der Waals surface area contributed by atoms with Crippen LogP contribution in [-0.4, -0.2) is 64.6 Å². The average molecular weight is 509 g/mol. The number of anilines is 1. The highest BCUT2D eigenvalue weighted by Crippen LogP contribution is 2.43. The first-order valence-corrected chi connectivity index (χ1v) is 12.1. The van der Waals surface area contributed by atoms with Gasteiger partial charge in [0.05, 0.1) is 17.7 Å². The van der Waals surface area contributed by atoms with E-state index < -0.39 is 17.7 Å². The first-order chi connectivity index (χ1) is 16.2. The summed E-state index contributed by atoms with van der Waals surface area (Å²) in [7, 11) is 1.37. The Morgan fingerprint density at radius 1 is 1.21 bits per heavy atom. The third-order valence-corrected chi connectivity index (χ3v) is 6.82. The summed E-state index contributed by atoms with van der Waals surface area (Å²) >= 11 is 7.77. The van der Waals surface area contributed by atoms with E-state index in [-0.39, 0.29) is 46.0 Å². The molecule has 1 aliphatic heterocycles. The molecule has 4 rings (SSSR count). The minimum atomic E-state index is -0.992. The van der Waals surface area contributed by atoms with Crippen LogP contribution < -0.4 is 9.64 Å². The van der Waals surface area contributed by atoms with Crippen molar-refractivity contribution in [3.63, 3.8) is 0 Å². The van der Waals surface area contributed by atoms with Crippen LogP contribution in [0.25, 0.3) is 22.0 Å². The summed E-state index contributed by atoms with van der Waals surface area (Å²) in [6.07, 6.45) is 0.780. The fourth-order valence-corrected chi connectivity index (χ4v) is 4.95. The standard InChI is InChI=1S/C23H23ClF2N4O3S/c1-11-10-30(23(31)32)12(2)9-29(11)21-13-8-14(24)17(18-15(25)6-5-7-16(18)33-3)19(26)20(13)27-22(28-21)34-4/h5-8,11-12H,9-10H2,1-4H3,(H,31,32). The Morgan fingerprint density at radius 2 is 1.94 bits per heavy atom. The molecule has 1 aromatic heterocycles. The molecule has 0 saturated carbocycles. The van der Waals surface area contributed by atoms with Crippen LogP contribution in [0.2, 0.25) is 5.02 Å². The minimum absolute atomic E-state index is 0.000395. The number of aromatic nitrogens is 2. The third kappa shape index (κ3) is 4.09. The lowest BCUT2D eigenvalue weighted by Gasteiger charge is -2.43. The van der Waals surface area contributed by atoms with E-state index in [1.807, 2.05) is 18.7 Å². The summed E-state index contributed by atoms with van der Waals surface area (Å²) in [6, 6.07) is 5.20. The van der Waals surface area contributed by atoms with Crippen molar-refractivity contribution in [2.45, 2.75) is 31.1 Å². The van der Waals surface area contributed by atoms with Crippen LogP contribution in [0.3, 0.4) is 0 Å². The number of piperazine rings is 1. The predicted molar refractivity (Wildman–Crippen MR) is 129 cm³/mol. The second-order valence-corrected chi connectivity index (χ2v) is 9.26. The van der Waals surface area contributed by atoms with E-state index in [0.29, 0.717) is 22.9 Å². The molecule has 1 amide bonds. The van der Waals surface area contributed by atoms with Crippen molar-refractivity contribution >= 4 is 46.2 Å². The Kier molecular flexibility index (Phi) is 6.73. The van der Waals surface area contributed by atoms with Gasteiger partial charge in [0.15, 0.2) is 11.0 Å². The Labute approximate surface area is 204 Å². The largest absolute Gasteiger partial charge is 0.496 e. The molecule has 7 nitrogen and oxygen atoms in total. The number of amides is 1. The van der Waals surface area contributed by atoms with Crippen LogP contribution >= 0.6 is 23.4 Å². The van der Waals surface area contributed by atoms with Crippen LogP contribution in [0.15, 0.2) is 29.4 Å². The van der Waals surface area contributed by atoms with Crippen molar-refractivity contribution in [2.24, 2.45) is 0 Å². The van der Waals surface area contributed by atoms with Gasteiger partial charge in [0.1, 0.15) is 22.9 Å². The number of thioether (sulfide) groups is 1. The molecule has 11 heteroatoms. The van der Waals surface area contributed by atoms with E-state index in [2.05, 4.69) is 9.97 Å². The smallest absolute Gasteiger partial charge is 0.407 e. The van der Waals surface area contributed by atoms with Gasteiger partial charge in [0.2, 0.25) is 0 Å². The molecule has 1 fully saturated rings. The van der Waals surface area contributed by atoms with Gasteiger partial charge in [-0.2, -0.15) is 0 Å². The van der Waals surface area contributed by atoms with Gasteiger partial charge in [0.25, 0.3) is 0 Å². The second kappa shape index (κ2) is 9.42. The van der Waals surface area contributed by atoms with E-state index in [1.54, 1.807) is 6.26 Å². The Bertz CT molecular complexity index is 1280. The number of hydrogen-bond donors (Lipinski definition) is 1. The topological polar surface area (TPSA) is 78.8 Å². The molecule has 1 saturated heterocycles. The summed E-state index contributed by atoms with van der Waals surface area (Å²) in [5, 5.41) is 10.2. The first kappa shape index (κ1) is 24.3. The molecule has 34 heavy (non-hydrogen) atoms. The maximum Gasteiger partial charge on any atom is 0.407 e. The summed E-state index contributed by atoms with van der Waals surface area (Å²) in [6.45, 7) is 4.31. The molecular formula is C23H23ClF2N4O3S. The Hall–Kier alpha value is -2.85. The second-order valence-electron chi connectivity index (χ2n) is 8.08. The number of nitrogens with zero attached hydrogens (tertiary/aromatic N) is 4. The highest BCUT2D eigenvalue weighted by Gasteiger charge is 2.34. The molecule has 2 heterocycles. The fraction of sp³-hybridized carbons (Fsp3) is 0.348. The summed E-state index contributed by atoms with van der Waals surface area (Å²) < 4.78 is 36.1. The summed E-state index contributed by atoms with van der Waals surface area (Å²) in [4.78, 5) is 23.9. The molecule has 0 bridgehead atoms. The van der Waals surface area contributed by atoms with Gasteiger partial charge in [-0.15, -0.1) is 0 Å². The number of hydrogen-bond acceptors (Lipinski definition) is 6. The van der Waals surface area contributed by atoms with Gasteiger partial charge in [0, 0.05) is 36.1 Å². The van der Waals surface area contributed by atoms with Crippen LogP contribution in [0.5, 0.6) is 5.75 Å². The number of carbonyl (C=O) groups is 1. The van der Waals surface area contributed by atoms with Crippen molar-refractivity contribution < 1.29 is 23.4 Å². The number of fused-ring (bicyclic) bond motifs is 1. The molecule has 2 unspecified atom stereocenters. The maximum absolute atomic E-state index is 16.0.